The number of carbonyl (C=O) groups excluding carboxylic acids is 1. The summed E-state index contributed by atoms with van der Waals surface area (Å²) >= 11 is 0. The fourth-order valence-corrected chi connectivity index (χ4v) is 2.61. The first-order valence-electron chi connectivity index (χ1n) is 7.54. The number of hydrogen-bond acceptors (Lipinski definition) is 2. The summed E-state index contributed by atoms with van der Waals surface area (Å²) < 4.78 is 0. The average molecular weight is 284 g/mol. The first-order valence-corrected chi connectivity index (χ1v) is 7.54. The lowest BCUT2D eigenvalue weighted by atomic mass is 10.0. The maximum atomic E-state index is 12.3. The molecule has 3 nitrogen and oxygen atoms in total. The van der Waals surface area contributed by atoms with Crippen molar-refractivity contribution in [2.24, 2.45) is 11.7 Å². The summed E-state index contributed by atoms with van der Waals surface area (Å²) in [5.74, 6) is 0.232. The van der Waals surface area contributed by atoms with Crippen molar-refractivity contribution >= 4 is 16.7 Å². The SMILES string of the molecule is CC(CCCN)C(=O)N(C)Cc1ccc2ccccc2c1. The van der Waals surface area contributed by atoms with Gasteiger partial charge in [-0.05, 0) is 41.8 Å². The summed E-state index contributed by atoms with van der Waals surface area (Å²) in [6.45, 7) is 3.28. The number of nitrogens with zero attached hydrogens (tertiary/aromatic N) is 1. The molecule has 3 heteroatoms. The molecule has 0 saturated carbocycles. The van der Waals surface area contributed by atoms with Gasteiger partial charge < -0.3 is 10.6 Å². The molecule has 0 heterocycles. The lowest BCUT2D eigenvalue weighted by Crippen LogP contribution is -2.31. The Morgan fingerprint density at radius 1 is 1.19 bits per heavy atom. The number of benzene rings is 2. The highest BCUT2D eigenvalue weighted by atomic mass is 16.2. The van der Waals surface area contributed by atoms with E-state index < -0.39 is 0 Å². The molecule has 2 N–H and O–H groups in total. The van der Waals surface area contributed by atoms with Crippen LogP contribution in [0.1, 0.15) is 25.3 Å². The molecule has 112 valence electrons. The van der Waals surface area contributed by atoms with Gasteiger partial charge in [-0.25, -0.2) is 0 Å². The summed E-state index contributed by atoms with van der Waals surface area (Å²) in [6.07, 6.45) is 1.76. The molecule has 0 bridgehead atoms. The van der Waals surface area contributed by atoms with Crippen LogP contribution in [0.5, 0.6) is 0 Å². The Balaban J connectivity index is 2.03. The van der Waals surface area contributed by atoms with Crippen molar-refractivity contribution in [3.05, 3.63) is 48.0 Å². The van der Waals surface area contributed by atoms with Gasteiger partial charge in [0, 0.05) is 19.5 Å². The number of carbonyl (C=O) groups is 1. The normalized spacial score (nSPS) is 12.3. The highest BCUT2D eigenvalue weighted by Crippen LogP contribution is 2.17. The number of fused-ring (bicyclic) bond motifs is 1. The lowest BCUT2D eigenvalue weighted by Gasteiger charge is -2.21. The van der Waals surface area contributed by atoms with Crippen molar-refractivity contribution in [1.29, 1.82) is 0 Å². The van der Waals surface area contributed by atoms with Crippen LogP contribution in [0, 0.1) is 5.92 Å². The molecular weight excluding hydrogens is 260 g/mol. The molecule has 0 radical (unpaired) electrons. The van der Waals surface area contributed by atoms with Gasteiger partial charge in [0.15, 0.2) is 0 Å². The van der Waals surface area contributed by atoms with Crippen LogP contribution in [-0.4, -0.2) is 24.4 Å². The van der Waals surface area contributed by atoms with Gasteiger partial charge in [0.1, 0.15) is 0 Å². The third-order valence-corrected chi connectivity index (χ3v) is 3.87. The van der Waals surface area contributed by atoms with E-state index in [1.54, 1.807) is 0 Å². The summed E-state index contributed by atoms with van der Waals surface area (Å²) in [7, 11) is 1.87. The number of rotatable bonds is 6. The molecule has 1 amide bonds. The van der Waals surface area contributed by atoms with Gasteiger partial charge in [-0.2, -0.15) is 0 Å². The third kappa shape index (κ3) is 4.05. The molecule has 0 spiro atoms. The number of amides is 1. The standard InChI is InChI=1S/C18H24N2O/c1-14(6-5-11-19)18(21)20(2)13-15-9-10-16-7-3-4-8-17(16)12-15/h3-4,7-10,12,14H,5-6,11,13,19H2,1-2H3. The molecule has 0 saturated heterocycles. The van der Waals surface area contributed by atoms with Crippen LogP contribution >= 0.6 is 0 Å². The molecule has 21 heavy (non-hydrogen) atoms. The molecule has 0 fully saturated rings. The Morgan fingerprint density at radius 2 is 1.90 bits per heavy atom. The topological polar surface area (TPSA) is 46.3 Å². The maximum absolute atomic E-state index is 12.3. The van der Waals surface area contributed by atoms with Crippen LogP contribution in [0.2, 0.25) is 0 Å². The summed E-state index contributed by atoms with van der Waals surface area (Å²) in [5, 5.41) is 2.44. The van der Waals surface area contributed by atoms with Gasteiger partial charge >= 0.3 is 0 Å². The summed E-state index contributed by atoms with van der Waals surface area (Å²) in [4.78, 5) is 14.1. The molecule has 2 aromatic rings. The van der Waals surface area contributed by atoms with Crippen molar-refractivity contribution in [2.45, 2.75) is 26.3 Å². The van der Waals surface area contributed by atoms with E-state index >= 15 is 0 Å². The van der Waals surface area contributed by atoms with E-state index in [9.17, 15) is 4.79 Å². The van der Waals surface area contributed by atoms with Gasteiger partial charge in [0.2, 0.25) is 5.91 Å². The van der Waals surface area contributed by atoms with Crippen molar-refractivity contribution < 1.29 is 4.79 Å². The minimum atomic E-state index is 0.0407. The van der Waals surface area contributed by atoms with E-state index in [1.165, 1.54) is 10.8 Å². The quantitative estimate of drug-likeness (QED) is 0.885. The zero-order valence-electron chi connectivity index (χ0n) is 12.9. The van der Waals surface area contributed by atoms with Crippen LogP contribution in [0.4, 0.5) is 0 Å². The second-order valence-corrected chi connectivity index (χ2v) is 5.71. The monoisotopic (exact) mass is 284 g/mol. The smallest absolute Gasteiger partial charge is 0.225 e. The summed E-state index contributed by atoms with van der Waals surface area (Å²) in [5.41, 5.74) is 6.67. The van der Waals surface area contributed by atoms with Crippen LogP contribution in [0.25, 0.3) is 10.8 Å². The van der Waals surface area contributed by atoms with E-state index in [2.05, 4.69) is 30.3 Å². The van der Waals surface area contributed by atoms with Crippen molar-refractivity contribution in [3.63, 3.8) is 0 Å². The molecule has 1 atom stereocenters. The zero-order valence-corrected chi connectivity index (χ0v) is 12.9. The fraction of sp³-hybridized carbons (Fsp3) is 0.389. The first-order chi connectivity index (χ1) is 10.1. The van der Waals surface area contributed by atoms with E-state index in [0.29, 0.717) is 13.1 Å². The predicted octanol–water partition coefficient (Wildman–Crippen LogP) is 3.17. The molecule has 0 aliphatic heterocycles. The van der Waals surface area contributed by atoms with Crippen molar-refractivity contribution in [1.82, 2.24) is 4.90 Å². The van der Waals surface area contributed by atoms with E-state index in [0.717, 1.165) is 18.4 Å². The van der Waals surface area contributed by atoms with Gasteiger partial charge in [-0.15, -0.1) is 0 Å². The third-order valence-electron chi connectivity index (χ3n) is 3.87. The molecule has 1 unspecified atom stereocenters. The van der Waals surface area contributed by atoms with Gasteiger partial charge in [-0.1, -0.05) is 43.3 Å². The second kappa shape index (κ2) is 7.23. The second-order valence-electron chi connectivity index (χ2n) is 5.71. The molecule has 0 aliphatic rings. The molecule has 0 aromatic heterocycles. The Morgan fingerprint density at radius 3 is 2.62 bits per heavy atom. The predicted molar refractivity (Wildman–Crippen MR) is 87.9 cm³/mol. The largest absolute Gasteiger partial charge is 0.341 e. The Hall–Kier alpha value is -1.87. The number of nitrogens with two attached hydrogens (primary N) is 1. The Labute approximate surface area is 126 Å². The zero-order chi connectivity index (χ0) is 15.2. The molecule has 2 rings (SSSR count). The van der Waals surface area contributed by atoms with Crippen LogP contribution in [-0.2, 0) is 11.3 Å². The van der Waals surface area contributed by atoms with Crippen LogP contribution < -0.4 is 5.73 Å². The van der Waals surface area contributed by atoms with Crippen molar-refractivity contribution in [3.8, 4) is 0 Å². The van der Waals surface area contributed by atoms with Crippen LogP contribution in [0.3, 0.4) is 0 Å². The Kier molecular flexibility index (Phi) is 5.34. The maximum Gasteiger partial charge on any atom is 0.225 e. The molecular formula is C18H24N2O. The molecule has 0 aliphatic carbocycles. The minimum absolute atomic E-state index is 0.0407. The van der Waals surface area contributed by atoms with Gasteiger partial charge in [0.25, 0.3) is 0 Å². The lowest BCUT2D eigenvalue weighted by molar-refractivity contribution is -0.134. The minimum Gasteiger partial charge on any atom is -0.341 e. The summed E-state index contributed by atoms with van der Waals surface area (Å²) in [6, 6.07) is 14.6. The number of hydrogen-bond donors (Lipinski definition) is 1. The van der Waals surface area contributed by atoms with Gasteiger partial charge in [0.05, 0.1) is 0 Å². The van der Waals surface area contributed by atoms with E-state index in [1.807, 2.05) is 31.0 Å². The van der Waals surface area contributed by atoms with Crippen molar-refractivity contribution in [2.75, 3.05) is 13.6 Å². The fourth-order valence-electron chi connectivity index (χ4n) is 2.61. The van der Waals surface area contributed by atoms with E-state index in [-0.39, 0.29) is 11.8 Å². The van der Waals surface area contributed by atoms with Gasteiger partial charge in [-0.3, -0.25) is 4.79 Å². The molecule has 2 aromatic carbocycles. The van der Waals surface area contributed by atoms with E-state index in [4.69, 9.17) is 5.73 Å². The average Bonchev–Trinajstić information content (AvgIpc) is 2.51. The highest BCUT2D eigenvalue weighted by Gasteiger charge is 2.17. The highest BCUT2D eigenvalue weighted by molar-refractivity contribution is 5.83. The first kappa shape index (κ1) is 15.5. The van der Waals surface area contributed by atoms with Crippen LogP contribution in [0.15, 0.2) is 42.5 Å². The Bertz CT molecular complexity index is 609.